The topological polar surface area (TPSA) is 112 Å². The number of amidine groups is 1. The zero-order chi connectivity index (χ0) is 26.5. The van der Waals surface area contributed by atoms with E-state index in [-0.39, 0.29) is 18.1 Å². The lowest BCUT2D eigenvalue weighted by Gasteiger charge is -2.14. The molecule has 0 bridgehead atoms. The van der Waals surface area contributed by atoms with Gasteiger partial charge in [-0.1, -0.05) is 18.2 Å². The Labute approximate surface area is 231 Å². The summed E-state index contributed by atoms with van der Waals surface area (Å²) >= 11 is 3.38. The van der Waals surface area contributed by atoms with Crippen LogP contribution in [0.2, 0.25) is 0 Å². The van der Waals surface area contributed by atoms with Crippen molar-refractivity contribution < 1.29 is 24.2 Å². The van der Waals surface area contributed by atoms with Gasteiger partial charge in [-0.15, -0.1) is 0 Å². The summed E-state index contributed by atoms with van der Waals surface area (Å²) in [4.78, 5) is 30.4. The molecule has 37 heavy (non-hydrogen) atoms. The number of carbonyl (C=O) groups is 2. The molecule has 0 atom stereocenters. The van der Waals surface area contributed by atoms with Gasteiger partial charge in [0, 0.05) is 12.6 Å². The van der Waals surface area contributed by atoms with Crippen molar-refractivity contribution in [3.63, 3.8) is 0 Å². The molecule has 0 aliphatic carbocycles. The van der Waals surface area contributed by atoms with E-state index < -0.39 is 5.97 Å². The van der Waals surface area contributed by atoms with Crippen LogP contribution in [0.4, 0.5) is 5.69 Å². The number of carbonyl (C=O) groups excluding carboxylic acids is 1. The number of likely N-dealkylation sites (N-methyl/N-ethyl adjacent to an activating group) is 1. The number of aliphatic imine (C=N–C) groups is 1. The number of methoxy groups -OCH3 is 1. The van der Waals surface area contributed by atoms with Gasteiger partial charge in [-0.05, 0) is 88.5 Å². The molecule has 10 heteroatoms. The van der Waals surface area contributed by atoms with Crippen LogP contribution < -0.4 is 9.47 Å². The van der Waals surface area contributed by atoms with Gasteiger partial charge < -0.3 is 14.6 Å². The van der Waals surface area contributed by atoms with Gasteiger partial charge in [-0.2, -0.15) is 5.26 Å². The Balaban J connectivity index is 1.56. The van der Waals surface area contributed by atoms with E-state index in [1.54, 1.807) is 50.6 Å². The van der Waals surface area contributed by atoms with Crippen molar-refractivity contribution in [2.75, 3.05) is 14.2 Å². The summed E-state index contributed by atoms with van der Waals surface area (Å²) in [5, 5.41) is 18.9. The predicted molar refractivity (Wildman–Crippen MR) is 150 cm³/mol. The molecule has 186 valence electrons. The molecule has 1 amide bonds. The number of hydrogen-bond acceptors (Lipinski definition) is 7. The second-order valence-corrected chi connectivity index (χ2v) is 9.98. The van der Waals surface area contributed by atoms with Crippen molar-refractivity contribution in [2.45, 2.75) is 6.61 Å². The SMILES string of the molecule is COc1cc(C=C2SC(=Nc3ccc(C(=O)O)cc3)N(C)C2=O)cc(I)c1OCc1ccccc1C#N. The molecular weight excluding hydrogens is 605 g/mol. The van der Waals surface area contributed by atoms with Crippen molar-refractivity contribution in [1.82, 2.24) is 4.90 Å². The molecule has 0 spiro atoms. The van der Waals surface area contributed by atoms with E-state index in [9.17, 15) is 14.9 Å². The van der Waals surface area contributed by atoms with E-state index in [0.29, 0.717) is 32.8 Å². The molecule has 1 saturated heterocycles. The smallest absolute Gasteiger partial charge is 0.335 e. The molecule has 1 heterocycles. The third-order valence-electron chi connectivity index (χ3n) is 5.40. The number of halogens is 1. The van der Waals surface area contributed by atoms with Crippen molar-refractivity contribution in [3.8, 4) is 17.6 Å². The molecule has 3 aromatic rings. The van der Waals surface area contributed by atoms with Gasteiger partial charge in [0.1, 0.15) is 6.61 Å². The van der Waals surface area contributed by atoms with Gasteiger partial charge in [-0.25, -0.2) is 9.79 Å². The number of hydrogen-bond donors (Lipinski definition) is 1. The second kappa shape index (κ2) is 11.5. The van der Waals surface area contributed by atoms with Gasteiger partial charge in [-0.3, -0.25) is 9.69 Å². The van der Waals surface area contributed by atoms with Gasteiger partial charge >= 0.3 is 5.97 Å². The highest BCUT2D eigenvalue weighted by Crippen LogP contribution is 2.38. The molecule has 3 aromatic carbocycles. The molecule has 1 fully saturated rings. The Morgan fingerprint density at radius 3 is 2.62 bits per heavy atom. The van der Waals surface area contributed by atoms with Gasteiger partial charge in [0.05, 0.1) is 38.5 Å². The Bertz CT molecular complexity index is 1480. The highest BCUT2D eigenvalue weighted by molar-refractivity contribution is 14.1. The minimum atomic E-state index is -1.01. The molecule has 1 aliphatic heterocycles. The minimum Gasteiger partial charge on any atom is -0.493 e. The fraction of sp³-hybridized carbons (Fsp3) is 0.111. The summed E-state index contributed by atoms with van der Waals surface area (Å²) in [6, 6.07) is 19.2. The second-order valence-electron chi connectivity index (χ2n) is 7.81. The van der Waals surface area contributed by atoms with Crippen molar-refractivity contribution in [1.29, 1.82) is 5.26 Å². The number of nitrogens with zero attached hydrogens (tertiary/aromatic N) is 3. The first-order valence-corrected chi connectivity index (χ1v) is 12.8. The first-order chi connectivity index (χ1) is 17.8. The highest BCUT2D eigenvalue weighted by Gasteiger charge is 2.30. The molecule has 0 saturated carbocycles. The number of carboxylic acids is 1. The molecule has 1 aliphatic rings. The van der Waals surface area contributed by atoms with Gasteiger partial charge in [0.15, 0.2) is 16.7 Å². The molecule has 0 unspecified atom stereocenters. The number of thioether (sulfide) groups is 1. The van der Waals surface area contributed by atoms with E-state index in [1.165, 1.54) is 28.8 Å². The van der Waals surface area contributed by atoms with Crippen LogP contribution in [-0.4, -0.2) is 41.2 Å². The Kier molecular flexibility index (Phi) is 8.15. The summed E-state index contributed by atoms with van der Waals surface area (Å²) in [5.41, 5.74) is 2.79. The molecule has 1 N–H and O–H groups in total. The van der Waals surface area contributed by atoms with E-state index in [4.69, 9.17) is 14.6 Å². The summed E-state index contributed by atoms with van der Waals surface area (Å²) in [6.45, 7) is 0.211. The van der Waals surface area contributed by atoms with Crippen LogP contribution in [0.25, 0.3) is 6.08 Å². The maximum absolute atomic E-state index is 12.9. The number of nitriles is 1. The number of benzene rings is 3. The molecular formula is C27H20IN3O5S. The molecule has 0 radical (unpaired) electrons. The van der Waals surface area contributed by atoms with Gasteiger partial charge in [0.2, 0.25) is 0 Å². The zero-order valence-corrected chi connectivity index (χ0v) is 22.7. The molecule has 0 aromatic heterocycles. The minimum absolute atomic E-state index is 0.165. The van der Waals surface area contributed by atoms with Crippen molar-refractivity contribution in [3.05, 3.63) is 91.4 Å². The van der Waals surface area contributed by atoms with Crippen LogP contribution in [-0.2, 0) is 11.4 Å². The highest BCUT2D eigenvalue weighted by atomic mass is 127. The summed E-state index contributed by atoms with van der Waals surface area (Å²) in [6.07, 6.45) is 1.76. The fourth-order valence-corrected chi connectivity index (χ4v) is 5.23. The van der Waals surface area contributed by atoms with Crippen LogP contribution in [0, 0.1) is 14.9 Å². The van der Waals surface area contributed by atoms with Crippen LogP contribution in [0.5, 0.6) is 11.5 Å². The van der Waals surface area contributed by atoms with E-state index in [2.05, 4.69) is 33.7 Å². The van der Waals surface area contributed by atoms with Crippen molar-refractivity contribution >= 4 is 63.2 Å². The number of carboxylic acid groups (broad SMARTS) is 1. The predicted octanol–water partition coefficient (Wildman–Crippen LogP) is 5.68. The Hall–Kier alpha value is -3.82. The Morgan fingerprint density at radius 1 is 1.22 bits per heavy atom. The van der Waals surface area contributed by atoms with Crippen LogP contribution in [0.3, 0.4) is 0 Å². The maximum atomic E-state index is 12.9. The first-order valence-electron chi connectivity index (χ1n) is 10.9. The van der Waals surface area contributed by atoms with Crippen LogP contribution in [0.1, 0.15) is 27.0 Å². The van der Waals surface area contributed by atoms with Crippen molar-refractivity contribution in [2.24, 2.45) is 4.99 Å². The normalized spacial score (nSPS) is 15.2. The lowest BCUT2D eigenvalue weighted by molar-refractivity contribution is -0.121. The average Bonchev–Trinajstić information content (AvgIpc) is 3.15. The standard InChI is InChI=1S/C27H20IN3O5S/c1-31-25(32)23(37-27(31)30-20-9-7-17(8-10-20)26(33)34)13-16-11-21(28)24(22(12-16)35-2)36-15-19-6-4-3-5-18(19)14-29/h3-13H,15H2,1-2H3,(H,33,34). The van der Waals surface area contributed by atoms with Crippen LogP contribution >= 0.6 is 34.4 Å². The third-order valence-corrected chi connectivity index (χ3v) is 7.26. The molecule has 4 rings (SSSR count). The average molecular weight is 625 g/mol. The van der Waals surface area contributed by atoms with Crippen LogP contribution in [0.15, 0.2) is 70.6 Å². The van der Waals surface area contributed by atoms with E-state index in [0.717, 1.165) is 14.7 Å². The maximum Gasteiger partial charge on any atom is 0.335 e. The lowest BCUT2D eigenvalue weighted by Crippen LogP contribution is -2.23. The lowest BCUT2D eigenvalue weighted by atomic mass is 10.1. The summed E-state index contributed by atoms with van der Waals surface area (Å²) in [5.74, 6) is -0.161. The third kappa shape index (κ3) is 5.95. The van der Waals surface area contributed by atoms with Gasteiger partial charge in [0.25, 0.3) is 5.91 Å². The largest absolute Gasteiger partial charge is 0.493 e. The quantitative estimate of drug-likeness (QED) is 0.266. The number of ether oxygens (including phenoxy) is 2. The monoisotopic (exact) mass is 625 g/mol. The van der Waals surface area contributed by atoms with E-state index >= 15 is 0 Å². The Morgan fingerprint density at radius 2 is 1.95 bits per heavy atom. The zero-order valence-electron chi connectivity index (χ0n) is 19.8. The van der Waals surface area contributed by atoms with E-state index in [1.807, 2.05) is 18.2 Å². The molecule has 8 nitrogen and oxygen atoms in total. The first kappa shape index (κ1) is 26.2. The fourth-order valence-electron chi connectivity index (χ4n) is 3.46. The summed E-state index contributed by atoms with van der Waals surface area (Å²) < 4.78 is 12.4. The number of amides is 1. The number of aromatic carboxylic acids is 1. The summed E-state index contributed by atoms with van der Waals surface area (Å²) in [7, 11) is 3.18. The number of rotatable bonds is 7.